The van der Waals surface area contributed by atoms with Crippen molar-refractivity contribution in [2.24, 2.45) is 11.8 Å². The van der Waals surface area contributed by atoms with Gasteiger partial charge in [-0.25, -0.2) is 0 Å². The number of hydrogen-bond donors (Lipinski definition) is 0. The zero-order valence-corrected chi connectivity index (χ0v) is 9.32. The summed E-state index contributed by atoms with van der Waals surface area (Å²) >= 11 is 0. The van der Waals surface area contributed by atoms with Gasteiger partial charge in [0.2, 0.25) is 0 Å². The lowest BCUT2D eigenvalue weighted by Gasteiger charge is -2.46. The molecule has 2 unspecified atom stereocenters. The van der Waals surface area contributed by atoms with Crippen molar-refractivity contribution in [3.63, 3.8) is 0 Å². The minimum absolute atomic E-state index is 0.340. The van der Waals surface area contributed by atoms with Crippen molar-refractivity contribution in [2.45, 2.75) is 37.8 Å². The number of rotatable bonds is 2. The van der Waals surface area contributed by atoms with Crippen LogP contribution in [0.5, 0.6) is 0 Å². The number of carbonyl (C=O) groups is 1. The first-order chi connectivity index (χ1) is 7.25. The molecule has 2 saturated heterocycles. The van der Waals surface area contributed by atoms with Gasteiger partial charge in [0, 0.05) is 23.9 Å². The average Bonchev–Trinajstić information content (AvgIpc) is 2.99. The van der Waals surface area contributed by atoms with Crippen molar-refractivity contribution >= 4 is 5.78 Å². The third kappa shape index (κ3) is 1.72. The molecule has 3 heteroatoms. The Balaban J connectivity index is 1.70. The molecule has 0 amide bonds. The quantitative estimate of drug-likeness (QED) is 0.681. The summed E-state index contributed by atoms with van der Waals surface area (Å²) < 4.78 is 5.56. The molecule has 1 aliphatic carbocycles. The first kappa shape index (κ1) is 9.79. The van der Waals surface area contributed by atoms with Crippen LogP contribution in [0.1, 0.15) is 25.7 Å². The van der Waals surface area contributed by atoms with E-state index in [4.69, 9.17) is 4.74 Å². The maximum absolute atomic E-state index is 12.0. The molecule has 84 valence electrons. The summed E-state index contributed by atoms with van der Waals surface area (Å²) in [6.07, 6.45) is 4.36. The van der Waals surface area contributed by atoms with Gasteiger partial charge in [-0.1, -0.05) is 0 Å². The molecule has 2 atom stereocenters. The van der Waals surface area contributed by atoms with E-state index in [2.05, 4.69) is 11.9 Å². The number of nitrogens with zero attached hydrogens (tertiary/aromatic N) is 1. The second-order valence-electron chi connectivity index (χ2n) is 5.36. The van der Waals surface area contributed by atoms with Gasteiger partial charge < -0.3 is 4.74 Å². The van der Waals surface area contributed by atoms with Crippen LogP contribution in [-0.4, -0.2) is 43.0 Å². The van der Waals surface area contributed by atoms with E-state index >= 15 is 0 Å². The van der Waals surface area contributed by atoms with E-state index in [0.717, 1.165) is 38.9 Å². The van der Waals surface area contributed by atoms with Crippen molar-refractivity contribution in [1.82, 2.24) is 4.90 Å². The van der Waals surface area contributed by atoms with Gasteiger partial charge in [-0.15, -0.1) is 0 Å². The van der Waals surface area contributed by atoms with Crippen LogP contribution in [-0.2, 0) is 9.53 Å². The molecule has 3 fully saturated rings. The second-order valence-corrected chi connectivity index (χ2v) is 5.36. The number of hydrogen-bond acceptors (Lipinski definition) is 3. The zero-order chi connectivity index (χ0) is 10.4. The number of piperidine rings is 1. The predicted molar refractivity (Wildman–Crippen MR) is 56.6 cm³/mol. The molecule has 2 heterocycles. The Morgan fingerprint density at radius 3 is 2.27 bits per heavy atom. The molecule has 3 nitrogen and oxygen atoms in total. The smallest absolute Gasteiger partial charge is 0.139 e. The number of fused-ring (bicyclic) bond motifs is 2. The van der Waals surface area contributed by atoms with Crippen LogP contribution in [0.4, 0.5) is 0 Å². The third-order valence-electron chi connectivity index (χ3n) is 4.27. The molecule has 3 rings (SSSR count). The van der Waals surface area contributed by atoms with Gasteiger partial charge in [0.15, 0.2) is 0 Å². The van der Waals surface area contributed by atoms with Crippen LogP contribution in [0.15, 0.2) is 0 Å². The summed E-state index contributed by atoms with van der Waals surface area (Å²) in [4.78, 5) is 14.5. The summed E-state index contributed by atoms with van der Waals surface area (Å²) in [5.74, 6) is 1.33. The monoisotopic (exact) mass is 209 g/mol. The first-order valence-electron chi connectivity index (χ1n) is 6.09. The molecular weight excluding hydrogens is 190 g/mol. The molecule has 0 spiro atoms. The van der Waals surface area contributed by atoms with E-state index in [9.17, 15) is 4.79 Å². The summed E-state index contributed by atoms with van der Waals surface area (Å²) in [5.41, 5.74) is 0. The highest BCUT2D eigenvalue weighted by molar-refractivity contribution is 5.85. The number of carbonyl (C=O) groups excluding carboxylic acids is 1. The lowest BCUT2D eigenvalue weighted by molar-refractivity contribution is -0.132. The van der Waals surface area contributed by atoms with Crippen molar-refractivity contribution in [3.8, 4) is 0 Å². The molecule has 0 radical (unpaired) electrons. The van der Waals surface area contributed by atoms with Crippen LogP contribution in [0.2, 0.25) is 0 Å². The second kappa shape index (κ2) is 3.56. The molecule has 3 aliphatic rings. The van der Waals surface area contributed by atoms with Crippen LogP contribution >= 0.6 is 0 Å². The van der Waals surface area contributed by atoms with Gasteiger partial charge in [0.05, 0.1) is 13.2 Å². The number of ketones is 1. The van der Waals surface area contributed by atoms with Gasteiger partial charge in [-0.3, -0.25) is 9.69 Å². The lowest BCUT2D eigenvalue weighted by Crippen LogP contribution is -2.56. The Morgan fingerprint density at radius 1 is 1.13 bits per heavy atom. The normalized spacial score (nSPS) is 41.5. The van der Waals surface area contributed by atoms with Gasteiger partial charge in [0.25, 0.3) is 0 Å². The summed E-state index contributed by atoms with van der Waals surface area (Å²) in [5, 5.41) is 0. The Labute approximate surface area is 90.8 Å². The highest BCUT2D eigenvalue weighted by Crippen LogP contribution is 2.38. The zero-order valence-electron chi connectivity index (χ0n) is 9.32. The predicted octanol–water partition coefficient (Wildman–Crippen LogP) is 1.07. The van der Waals surface area contributed by atoms with E-state index < -0.39 is 0 Å². The number of ether oxygens (including phenoxy) is 1. The number of morpholine rings is 1. The summed E-state index contributed by atoms with van der Waals surface area (Å²) in [6, 6.07) is 0.982. The highest BCUT2D eigenvalue weighted by Gasteiger charge is 2.43. The number of likely N-dealkylation sites (N-methyl/N-ethyl adjacent to an activating group) is 1. The minimum Gasteiger partial charge on any atom is -0.378 e. The van der Waals surface area contributed by atoms with Gasteiger partial charge >= 0.3 is 0 Å². The molecule has 2 aliphatic heterocycles. The molecule has 0 aromatic carbocycles. The van der Waals surface area contributed by atoms with E-state index in [1.807, 2.05) is 0 Å². The molecule has 0 aromatic heterocycles. The fraction of sp³-hybridized carbons (Fsp3) is 0.917. The number of Topliss-reactive ketones (excluding diaryl/α,β-unsaturated/α-hetero) is 1. The van der Waals surface area contributed by atoms with Crippen LogP contribution in [0.25, 0.3) is 0 Å². The molecule has 15 heavy (non-hydrogen) atoms. The Kier molecular flexibility index (Phi) is 2.33. The van der Waals surface area contributed by atoms with Gasteiger partial charge in [0.1, 0.15) is 5.78 Å². The van der Waals surface area contributed by atoms with E-state index in [1.165, 1.54) is 0 Å². The van der Waals surface area contributed by atoms with Crippen molar-refractivity contribution in [1.29, 1.82) is 0 Å². The van der Waals surface area contributed by atoms with Crippen molar-refractivity contribution in [2.75, 3.05) is 20.3 Å². The van der Waals surface area contributed by atoms with Crippen molar-refractivity contribution < 1.29 is 9.53 Å². The van der Waals surface area contributed by atoms with E-state index in [0.29, 0.717) is 29.7 Å². The Hall–Kier alpha value is -0.410. The molecule has 0 aromatic rings. The first-order valence-corrected chi connectivity index (χ1v) is 6.09. The third-order valence-corrected chi connectivity index (χ3v) is 4.27. The highest BCUT2D eigenvalue weighted by atomic mass is 16.5. The Morgan fingerprint density at radius 2 is 1.73 bits per heavy atom. The molecule has 2 bridgehead atoms. The van der Waals surface area contributed by atoms with E-state index in [-0.39, 0.29) is 0 Å². The van der Waals surface area contributed by atoms with E-state index in [1.54, 1.807) is 0 Å². The van der Waals surface area contributed by atoms with Gasteiger partial charge in [-0.2, -0.15) is 0 Å². The van der Waals surface area contributed by atoms with Crippen LogP contribution < -0.4 is 0 Å². The topological polar surface area (TPSA) is 29.5 Å². The maximum Gasteiger partial charge on any atom is 0.139 e. The van der Waals surface area contributed by atoms with Gasteiger partial charge in [-0.05, 0) is 32.7 Å². The standard InChI is InChI=1S/C12H19NO2/c1-13-10-4-9(12(14)8-2-3-8)5-11(13)7-15-6-10/h8-11H,2-7H2,1H3. The fourth-order valence-corrected chi connectivity index (χ4v) is 3.03. The SMILES string of the molecule is CN1C2COCC1CC(C(=O)C1CC1)C2. The Bertz CT molecular complexity index is 261. The fourth-order valence-electron chi connectivity index (χ4n) is 3.03. The average molecular weight is 209 g/mol. The molecular formula is C12H19NO2. The maximum atomic E-state index is 12.0. The minimum atomic E-state index is 0.340. The summed E-state index contributed by atoms with van der Waals surface area (Å²) in [6.45, 7) is 1.64. The largest absolute Gasteiger partial charge is 0.378 e. The lowest BCUT2D eigenvalue weighted by atomic mass is 9.81. The van der Waals surface area contributed by atoms with Crippen LogP contribution in [0, 0.1) is 11.8 Å². The van der Waals surface area contributed by atoms with Crippen molar-refractivity contribution in [3.05, 3.63) is 0 Å². The van der Waals surface area contributed by atoms with Crippen LogP contribution in [0.3, 0.4) is 0 Å². The summed E-state index contributed by atoms with van der Waals surface area (Å²) in [7, 11) is 2.18. The molecule has 0 N–H and O–H groups in total. The molecule has 1 saturated carbocycles.